The molecule has 1 heterocycles. The highest BCUT2D eigenvalue weighted by atomic mass is 16.3. The first kappa shape index (κ1) is 15.5. The predicted molar refractivity (Wildman–Crippen MR) is 94.9 cm³/mol. The second kappa shape index (κ2) is 5.81. The van der Waals surface area contributed by atoms with Crippen molar-refractivity contribution in [1.82, 2.24) is 4.90 Å². The van der Waals surface area contributed by atoms with Crippen molar-refractivity contribution in [3.63, 3.8) is 0 Å². The lowest BCUT2D eigenvalue weighted by atomic mass is 9.52. The lowest BCUT2D eigenvalue weighted by Crippen LogP contribution is -2.61. The van der Waals surface area contributed by atoms with Gasteiger partial charge in [0.15, 0.2) is 0 Å². The van der Waals surface area contributed by atoms with E-state index in [1.165, 1.54) is 69.2 Å². The maximum atomic E-state index is 10.1. The number of phenolic OH excluding ortho intramolecular Hbond substituents is 1. The summed E-state index contributed by atoms with van der Waals surface area (Å²) in [6.45, 7) is 7.20. The molecule has 1 N–H and O–H groups in total. The first-order chi connectivity index (χ1) is 11.1. The lowest BCUT2D eigenvalue weighted by molar-refractivity contribution is -0.0130. The highest BCUT2D eigenvalue weighted by Crippen LogP contribution is 2.56. The Morgan fingerprint density at radius 2 is 2.13 bits per heavy atom. The van der Waals surface area contributed by atoms with Crippen LogP contribution in [0, 0.1) is 11.8 Å². The monoisotopic (exact) mass is 313 g/mol. The third-order valence-electron chi connectivity index (χ3n) is 6.93. The minimum atomic E-state index is 0.365. The van der Waals surface area contributed by atoms with Crippen LogP contribution in [0.4, 0.5) is 0 Å². The van der Waals surface area contributed by atoms with E-state index in [1.807, 2.05) is 6.07 Å². The predicted octanol–water partition coefficient (Wildman–Crippen LogP) is 4.50. The van der Waals surface area contributed by atoms with Crippen molar-refractivity contribution in [3.8, 4) is 5.75 Å². The number of hydrogen-bond donors (Lipinski definition) is 1. The molecule has 0 radical (unpaired) electrons. The van der Waals surface area contributed by atoms with Crippen LogP contribution in [0.25, 0.3) is 0 Å². The van der Waals surface area contributed by atoms with Gasteiger partial charge in [-0.2, -0.15) is 0 Å². The van der Waals surface area contributed by atoms with Crippen LogP contribution in [0.2, 0.25) is 0 Å². The SMILES string of the molecule is CC(C)CCN1CC[C@]23CCCC[C@H]2[C@@H]1Cc1ccc(O)cc13. The summed E-state index contributed by atoms with van der Waals surface area (Å²) in [5.74, 6) is 2.07. The lowest BCUT2D eigenvalue weighted by Gasteiger charge is -2.59. The number of aromatic hydroxyl groups is 1. The summed E-state index contributed by atoms with van der Waals surface area (Å²) in [7, 11) is 0. The number of nitrogens with zero attached hydrogens (tertiary/aromatic N) is 1. The third-order valence-corrected chi connectivity index (χ3v) is 6.93. The first-order valence-corrected chi connectivity index (χ1v) is 9.66. The number of piperidine rings is 1. The topological polar surface area (TPSA) is 23.5 Å². The zero-order chi connectivity index (χ0) is 16.0. The van der Waals surface area contributed by atoms with Crippen molar-refractivity contribution in [2.45, 2.75) is 70.3 Å². The van der Waals surface area contributed by atoms with Gasteiger partial charge in [-0.05, 0) is 80.3 Å². The molecule has 126 valence electrons. The molecule has 0 aromatic heterocycles. The zero-order valence-electron chi connectivity index (χ0n) is 14.7. The molecule has 2 bridgehead atoms. The van der Waals surface area contributed by atoms with Crippen LogP contribution in [0.3, 0.4) is 0 Å². The number of likely N-dealkylation sites (tertiary alicyclic amines) is 1. The molecule has 3 atom stereocenters. The average Bonchev–Trinajstić information content (AvgIpc) is 2.54. The molecule has 1 aromatic rings. The van der Waals surface area contributed by atoms with Crippen LogP contribution in [-0.4, -0.2) is 29.1 Å². The number of phenols is 1. The van der Waals surface area contributed by atoms with Crippen molar-refractivity contribution >= 4 is 0 Å². The largest absolute Gasteiger partial charge is 0.508 e. The molecular formula is C21H31NO. The zero-order valence-corrected chi connectivity index (χ0v) is 14.7. The van der Waals surface area contributed by atoms with E-state index in [9.17, 15) is 5.11 Å². The minimum Gasteiger partial charge on any atom is -0.508 e. The smallest absolute Gasteiger partial charge is 0.115 e. The van der Waals surface area contributed by atoms with Gasteiger partial charge in [0.1, 0.15) is 5.75 Å². The van der Waals surface area contributed by atoms with E-state index in [4.69, 9.17) is 0 Å². The number of rotatable bonds is 3. The Hall–Kier alpha value is -1.02. The van der Waals surface area contributed by atoms with E-state index in [0.717, 1.165) is 17.9 Å². The molecule has 1 aromatic carbocycles. The Kier molecular flexibility index (Phi) is 3.91. The van der Waals surface area contributed by atoms with Crippen molar-refractivity contribution in [3.05, 3.63) is 29.3 Å². The van der Waals surface area contributed by atoms with Gasteiger partial charge in [0.2, 0.25) is 0 Å². The maximum absolute atomic E-state index is 10.1. The molecule has 0 amide bonds. The Balaban J connectivity index is 1.71. The molecule has 0 unspecified atom stereocenters. The molecule has 2 heteroatoms. The summed E-state index contributed by atoms with van der Waals surface area (Å²) in [4.78, 5) is 2.81. The van der Waals surface area contributed by atoms with Crippen LogP contribution >= 0.6 is 0 Å². The van der Waals surface area contributed by atoms with Gasteiger partial charge in [-0.3, -0.25) is 4.90 Å². The Morgan fingerprint density at radius 1 is 1.26 bits per heavy atom. The fourth-order valence-corrected chi connectivity index (χ4v) is 5.77. The van der Waals surface area contributed by atoms with Gasteiger partial charge < -0.3 is 5.11 Å². The van der Waals surface area contributed by atoms with Crippen molar-refractivity contribution in [2.75, 3.05) is 13.1 Å². The molecule has 0 spiro atoms. The fraction of sp³-hybridized carbons (Fsp3) is 0.714. The molecule has 23 heavy (non-hydrogen) atoms. The molecule has 1 saturated carbocycles. The van der Waals surface area contributed by atoms with E-state index in [1.54, 1.807) is 0 Å². The molecule has 2 fully saturated rings. The average molecular weight is 313 g/mol. The van der Waals surface area contributed by atoms with Gasteiger partial charge in [0.05, 0.1) is 0 Å². The van der Waals surface area contributed by atoms with Crippen LogP contribution in [0.15, 0.2) is 18.2 Å². The highest BCUT2D eigenvalue weighted by Gasteiger charge is 2.53. The molecule has 4 rings (SSSR count). The van der Waals surface area contributed by atoms with Crippen LogP contribution in [0.1, 0.15) is 63.5 Å². The van der Waals surface area contributed by atoms with Gasteiger partial charge >= 0.3 is 0 Å². The van der Waals surface area contributed by atoms with Gasteiger partial charge in [-0.25, -0.2) is 0 Å². The Labute approximate surface area is 140 Å². The summed E-state index contributed by atoms with van der Waals surface area (Å²) < 4.78 is 0. The second-order valence-corrected chi connectivity index (χ2v) is 8.59. The van der Waals surface area contributed by atoms with Gasteiger partial charge in [0.25, 0.3) is 0 Å². The molecule has 3 aliphatic rings. The van der Waals surface area contributed by atoms with E-state index in [2.05, 4.69) is 30.9 Å². The minimum absolute atomic E-state index is 0.365. The van der Waals surface area contributed by atoms with E-state index in [0.29, 0.717) is 11.2 Å². The van der Waals surface area contributed by atoms with Crippen LogP contribution in [-0.2, 0) is 11.8 Å². The van der Waals surface area contributed by atoms with Crippen molar-refractivity contribution in [2.24, 2.45) is 11.8 Å². The second-order valence-electron chi connectivity index (χ2n) is 8.59. The van der Waals surface area contributed by atoms with Crippen molar-refractivity contribution in [1.29, 1.82) is 0 Å². The molecule has 2 nitrogen and oxygen atoms in total. The maximum Gasteiger partial charge on any atom is 0.115 e. The summed E-state index contributed by atoms with van der Waals surface area (Å²) in [5.41, 5.74) is 3.38. The molecule has 1 aliphatic heterocycles. The summed E-state index contributed by atoms with van der Waals surface area (Å²) in [6, 6.07) is 6.94. The van der Waals surface area contributed by atoms with Gasteiger partial charge in [-0.15, -0.1) is 0 Å². The third kappa shape index (κ3) is 2.50. The van der Waals surface area contributed by atoms with Gasteiger partial charge in [-0.1, -0.05) is 32.8 Å². The van der Waals surface area contributed by atoms with Crippen LogP contribution < -0.4 is 0 Å². The quantitative estimate of drug-likeness (QED) is 0.888. The Bertz CT molecular complexity index is 581. The standard InChI is InChI=1S/C21H31NO/c1-15(2)8-11-22-12-10-21-9-4-3-5-18(21)20(22)13-16-6-7-17(23)14-19(16)21/h6-7,14-15,18,20,23H,3-5,8-13H2,1-2H3/t18-,20-,21+/m0/s1. The highest BCUT2D eigenvalue weighted by molar-refractivity contribution is 5.45. The number of hydrogen-bond acceptors (Lipinski definition) is 2. The molecule has 1 saturated heterocycles. The van der Waals surface area contributed by atoms with Crippen molar-refractivity contribution < 1.29 is 5.11 Å². The Morgan fingerprint density at radius 3 is 2.96 bits per heavy atom. The summed E-state index contributed by atoms with van der Waals surface area (Å²) in [6.07, 6.45) is 9.29. The van der Waals surface area contributed by atoms with E-state index in [-0.39, 0.29) is 0 Å². The summed E-state index contributed by atoms with van der Waals surface area (Å²) in [5, 5.41) is 10.1. The number of fused-ring (bicyclic) bond motifs is 1. The normalized spacial score (nSPS) is 33.3. The molecular weight excluding hydrogens is 282 g/mol. The number of benzene rings is 1. The van der Waals surface area contributed by atoms with Crippen LogP contribution in [0.5, 0.6) is 5.75 Å². The first-order valence-electron chi connectivity index (χ1n) is 9.66. The van der Waals surface area contributed by atoms with Gasteiger partial charge in [0, 0.05) is 11.5 Å². The summed E-state index contributed by atoms with van der Waals surface area (Å²) >= 11 is 0. The fourth-order valence-electron chi connectivity index (χ4n) is 5.77. The van der Waals surface area contributed by atoms with E-state index < -0.39 is 0 Å². The van der Waals surface area contributed by atoms with E-state index >= 15 is 0 Å². The molecule has 2 aliphatic carbocycles.